The number of hydrogen-bond acceptors (Lipinski definition) is 2. The van der Waals surface area contributed by atoms with Crippen molar-refractivity contribution >= 4 is 33.6 Å². The van der Waals surface area contributed by atoms with E-state index in [9.17, 15) is 18.4 Å². The monoisotopic (exact) mass is 350 g/mol. The molecule has 0 unspecified atom stereocenters. The van der Waals surface area contributed by atoms with Crippen LogP contribution in [0, 0.1) is 17.0 Å². The first-order valence-electron chi connectivity index (χ1n) is 5.56. The van der Waals surface area contributed by atoms with Crippen LogP contribution >= 0.6 is 15.9 Å². The van der Waals surface area contributed by atoms with E-state index in [0.29, 0.717) is 6.07 Å². The number of carbonyl (C=O) groups is 2. The van der Waals surface area contributed by atoms with Gasteiger partial charge in [0.05, 0.1) is 15.6 Å². The minimum Gasteiger partial charge on any atom is -0.481 e. The summed E-state index contributed by atoms with van der Waals surface area (Å²) in [7, 11) is 0. The molecule has 5 nitrogen and oxygen atoms in total. The maximum atomic E-state index is 13.4. The SMILES string of the molecule is CC(C)(CNC(=O)Nc1cc(Br)c(F)cc1F)C(=O)O. The number of hydrogen-bond donors (Lipinski definition) is 3. The lowest BCUT2D eigenvalue weighted by molar-refractivity contribution is -0.146. The highest BCUT2D eigenvalue weighted by molar-refractivity contribution is 9.10. The van der Waals surface area contributed by atoms with E-state index in [2.05, 4.69) is 26.6 Å². The van der Waals surface area contributed by atoms with Crippen molar-refractivity contribution in [3.8, 4) is 0 Å². The highest BCUT2D eigenvalue weighted by Gasteiger charge is 2.27. The minimum absolute atomic E-state index is 0.0000610. The number of anilines is 1. The van der Waals surface area contributed by atoms with Gasteiger partial charge in [0.2, 0.25) is 0 Å². The second kappa shape index (κ2) is 6.17. The van der Waals surface area contributed by atoms with Gasteiger partial charge in [-0.3, -0.25) is 4.79 Å². The molecule has 20 heavy (non-hydrogen) atoms. The summed E-state index contributed by atoms with van der Waals surface area (Å²) in [5.74, 6) is -2.80. The molecular formula is C12H13BrF2N2O3. The Morgan fingerprint density at radius 1 is 1.30 bits per heavy atom. The summed E-state index contributed by atoms with van der Waals surface area (Å²) in [4.78, 5) is 22.4. The topological polar surface area (TPSA) is 78.4 Å². The number of amides is 2. The maximum absolute atomic E-state index is 13.4. The van der Waals surface area contributed by atoms with Crippen LogP contribution in [0.4, 0.5) is 19.3 Å². The van der Waals surface area contributed by atoms with E-state index < -0.39 is 29.0 Å². The Kier molecular flexibility index (Phi) is 5.04. The molecule has 0 aliphatic heterocycles. The fourth-order valence-corrected chi connectivity index (χ4v) is 1.51. The van der Waals surface area contributed by atoms with Crippen molar-refractivity contribution in [1.29, 1.82) is 0 Å². The standard InChI is InChI=1S/C12H13BrF2N2O3/c1-12(2,10(18)19)5-16-11(20)17-9-3-6(13)7(14)4-8(9)15/h3-4H,5H2,1-2H3,(H,18,19)(H2,16,17,20). The summed E-state index contributed by atoms with van der Waals surface area (Å²) >= 11 is 2.87. The largest absolute Gasteiger partial charge is 0.481 e. The van der Waals surface area contributed by atoms with Crippen molar-refractivity contribution < 1.29 is 23.5 Å². The zero-order valence-electron chi connectivity index (χ0n) is 10.8. The summed E-state index contributed by atoms with van der Waals surface area (Å²) in [6, 6.07) is 0.921. The zero-order valence-corrected chi connectivity index (χ0v) is 12.3. The molecule has 3 N–H and O–H groups in total. The Balaban J connectivity index is 2.68. The van der Waals surface area contributed by atoms with Crippen molar-refractivity contribution in [3.63, 3.8) is 0 Å². The van der Waals surface area contributed by atoms with Crippen molar-refractivity contribution in [2.75, 3.05) is 11.9 Å². The summed E-state index contributed by atoms with van der Waals surface area (Å²) in [5, 5.41) is 13.4. The molecule has 0 radical (unpaired) electrons. The molecule has 2 amide bonds. The molecule has 0 saturated carbocycles. The van der Waals surface area contributed by atoms with E-state index >= 15 is 0 Å². The quantitative estimate of drug-likeness (QED) is 0.730. The molecule has 0 bridgehead atoms. The first kappa shape index (κ1) is 16.4. The van der Waals surface area contributed by atoms with Crippen LogP contribution in [0.25, 0.3) is 0 Å². The molecule has 1 aromatic carbocycles. The second-order valence-electron chi connectivity index (χ2n) is 4.74. The van der Waals surface area contributed by atoms with Gasteiger partial charge in [0.25, 0.3) is 0 Å². The third kappa shape index (κ3) is 4.16. The molecule has 0 aliphatic rings. The molecule has 0 atom stereocenters. The maximum Gasteiger partial charge on any atom is 0.319 e. The van der Waals surface area contributed by atoms with Gasteiger partial charge in [-0.15, -0.1) is 0 Å². The Bertz CT molecular complexity index is 550. The average Bonchev–Trinajstić information content (AvgIpc) is 2.33. The van der Waals surface area contributed by atoms with Gasteiger partial charge in [0.1, 0.15) is 11.6 Å². The summed E-state index contributed by atoms with van der Waals surface area (Å²) < 4.78 is 26.4. The van der Waals surface area contributed by atoms with Gasteiger partial charge in [-0.05, 0) is 35.8 Å². The van der Waals surface area contributed by atoms with Gasteiger partial charge < -0.3 is 15.7 Å². The fourth-order valence-electron chi connectivity index (χ4n) is 1.16. The van der Waals surface area contributed by atoms with Crippen LogP contribution in [0.1, 0.15) is 13.8 Å². The Hall–Kier alpha value is -1.70. The average molecular weight is 351 g/mol. The molecule has 1 aromatic rings. The normalized spacial score (nSPS) is 11.1. The van der Waals surface area contributed by atoms with E-state index in [4.69, 9.17) is 5.11 Å². The summed E-state index contributed by atoms with van der Waals surface area (Å²) in [5.41, 5.74) is -1.37. The van der Waals surface area contributed by atoms with Crippen LogP contribution in [0.2, 0.25) is 0 Å². The van der Waals surface area contributed by atoms with Gasteiger partial charge in [-0.1, -0.05) is 0 Å². The van der Waals surface area contributed by atoms with Crippen molar-refractivity contribution in [1.82, 2.24) is 5.32 Å². The number of benzene rings is 1. The number of carboxylic acids is 1. The number of urea groups is 1. The van der Waals surface area contributed by atoms with E-state index in [-0.39, 0.29) is 16.7 Å². The number of aliphatic carboxylic acids is 1. The molecule has 0 heterocycles. The number of carboxylic acid groups (broad SMARTS) is 1. The lowest BCUT2D eigenvalue weighted by atomic mass is 9.94. The Labute approximate surface area is 122 Å². The van der Waals surface area contributed by atoms with Gasteiger partial charge in [0.15, 0.2) is 0 Å². The Morgan fingerprint density at radius 3 is 2.45 bits per heavy atom. The van der Waals surface area contributed by atoms with Crippen LogP contribution in [-0.2, 0) is 4.79 Å². The van der Waals surface area contributed by atoms with Crippen molar-refractivity contribution in [3.05, 3.63) is 28.2 Å². The predicted molar refractivity (Wildman–Crippen MR) is 72.5 cm³/mol. The molecule has 0 aliphatic carbocycles. The fraction of sp³-hybridized carbons (Fsp3) is 0.333. The molecule has 8 heteroatoms. The van der Waals surface area contributed by atoms with E-state index in [0.717, 1.165) is 6.07 Å². The Morgan fingerprint density at radius 2 is 1.90 bits per heavy atom. The van der Waals surface area contributed by atoms with Crippen LogP contribution in [0.3, 0.4) is 0 Å². The zero-order chi connectivity index (χ0) is 15.5. The summed E-state index contributed by atoms with van der Waals surface area (Å²) in [6.45, 7) is 2.73. The van der Waals surface area contributed by atoms with Gasteiger partial charge in [0, 0.05) is 12.6 Å². The first-order valence-corrected chi connectivity index (χ1v) is 6.35. The summed E-state index contributed by atoms with van der Waals surface area (Å²) in [6.07, 6.45) is 0. The second-order valence-corrected chi connectivity index (χ2v) is 5.60. The first-order chi connectivity index (χ1) is 9.13. The van der Waals surface area contributed by atoms with Crippen LogP contribution in [-0.4, -0.2) is 23.7 Å². The van der Waals surface area contributed by atoms with Crippen LogP contribution < -0.4 is 10.6 Å². The lowest BCUT2D eigenvalue weighted by Crippen LogP contribution is -2.40. The molecule has 0 fully saturated rings. The molecule has 0 saturated heterocycles. The van der Waals surface area contributed by atoms with E-state index in [1.165, 1.54) is 13.8 Å². The molecule has 1 rings (SSSR count). The smallest absolute Gasteiger partial charge is 0.319 e. The lowest BCUT2D eigenvalue weighted by Gasteiger charge is -2.19. The molecular weight excluding hydrogens is 338 g/mol. The van der Waals surface area contributed by atoms with Crippen molar-refractivity contribution in [2.24, 2.45) is 5.41 Å². The van der Waals surface area contributed by atoms with Crippen LogP contribution in [0.15, 0.2) is 16.6 Å². The van der Waals surface area contributed by atoms with E-state index in [1.807, 2.05) is 0 Å². The van der Waals surface area contributed by atoms with Gasteiger partial charge in [-0.25, -0.2) is 13.6 Å². The van der Waals surface area contributed by atoms with Crippen molar-refractivity contribution in [2.45, 2.75) is 13.8 Å². The number of nitrogens with one attached hydrogen (secondary N) is 2. The number of rotatable bonds is 4. The van der Waals surface area contributed by atoms with Gasteiger partial charge in [-0.2, -0.15) is 0 Å². The van der Waals surface area contributed by atoms with Crippen LogP contribution in [0.5, 0.6) is 0 Å². The highest BCUT2D eigenvalue weighted by atomic mass is 79.9. The number of halogens is 3. The molecule has 0 spiro atoms. The predicted octanol–water partition coefficient (Wildman–Crippen LogP) is 2.96. The third-order valence-corrected chi connectivity index (χ3v) is 3.14. The highest BCUT2D eigenvalue weighted by Crippen LogP contribution is 2.23. The minimum atomic E-state index is -1.15. The molecule has 110 valence electrons. The number of carbonyl (C=O) groups excluding carboxylic acids is 1. The van der Waals surface area contributed by atoms with Gasteiger partial charge >= 0.3 is 12.0 Å². The third-order valence-electron chi connectivity index (χ3n) is 2.53. The molecule has 0 aromatic heterocycles. The van der Waals surface area contributed by atoms with E-state index in [1.54, 1.807) is 0 Å².